The number of hydrogen-bond donors (Lipinski definition) is 1. The summed E-state index contributed by atoms with van der Waals surface area (Å²) in [6.45, 7) is 4.16. The highest BCUT2D eigenvalue weighted by Crippen LogP contribution is 2.36. The summed E-state index contributed by atoms with van der Waals surface area (Å²) in [5.41, 5.74) is 0.354. The van der Waals surface area contributed by atoms with Crippen molar-refractivity contribution >= 4 is 17.3 Å². The van der Waals surface area contributed by atoms with E-state index < -0.39 is 0 Å². The zero-order chi connectivity index (χ0) is 12.2. The summed E-state index contributed by atoms with van der Waals surface area (Å²) in [5.74, 6) is 0. The standard InChI is InChI=1S/C12H25N3S/c1-5-9-13-11(16)15(4)10-12(14(2)3)7-6-8-12/h5-10H2,1-4H3,(H,13,16). The molecule has 1 rings (SSSR count). The average molecular weight is 243 g/mol. The monoisotopic (exact) mass is 243 g/mol. The van der Waals surface area contributed by atoms with Gasteiger partial charge in [0.25, 0.3) is 0 Å². The van der Waals surface area contributed by atoms with Crippen LogP contribution in [0.1, 0.15) is 32.6 Å². The zero-order valence-corrected chi connectivity index (χ0v) is 11.9. The van der Waals surface area contributed by atoms with Crippen LogP contribution in [-0.2, 0) is 0 Å². The van der Waals surface area contributed by atoms with Crippen molar-refractivity contribution in [2.45, 2.75) is 38.1 Å². The third-order valence-corrected chi connectivity index (χ3v) is 4.09. The van der Waals surface area contributed by atoms with Crippen molar-refractivity contribution < 1.29 is 0 Å². The molecule has 0 spiro atoms. The Morgan fingerprint density at radius 3 is 2.31 bits per heavy atom. The molecule has 0 heterocycles. The van der Waals surface area contributed by atoms with Crippen molar-refractivity contribution in [3.05, 3.63) is 0 Å². The maximum absolute atomic E-state index is 5.37. The topological polar surface area (TPSA) is 18.5 Å². The molecule has 4 heteroatoms. The zero-order valence-electron chi connectivity index (χ0n) is 11.0. The van der Waals surface area contributed by atoms with Gasteiger partial charge in [0, 0.05) is 25.7 Å². The first kappa shape index (κ1) is 13.7. The Kier molecular flexibility index (Phi) is 4.99. The number of rotatable bonds is 5. The molecule has 0 aromatic heterocycles. The maximum atomic E-state index is 5.37. The summed E-state index contributed by atoms with van der Waals surface area (Å²) in [7, 11) is 6.44. The fourth-order valence-electron chi connectivity index (χ4n) is 2.21. The van der Waals surface area contributed by atoms with Gasteiger partial charge in [-0.2, -0.15) is 0 Å². The highest BCUT2D eigenvalue weighted by Gasteiger charge is 2.40. The number of hydrogen-bond acceptors (Lipinski definition) is 2. The lowest BCUT2D eigenvalue weighted by atomic mass is 9.75. The van der Waals surface area contributed by atoms with E-state index in [1.807, 2.05) is 0 Å². The molecule has 16 heavy (non-hydrogen) atoms. The number of likely N-dealkylation sites (N-methyl/N-ethyl adjacent to an activating group) is 2. The van der Waals surface area contributed by atoms with Crippen molar-refractivity contribution in [1.82, 2.24) is 15.1 Å². The second-order valence-electron chi connectivity index (χ2n) is 5.06. The molecule has 1 saturated carbocycles. The molecular formula is C12H25N3S. The summed E-state index contributed by atoms with van der Waals surface area (Å²) in [5, 5.41) is 4.16. The molecule has 1 fully saturated rings. The predicted octanol–water partition coefficient (Wildman–Crippen LogP) is 1.69. The van der Waals surface area contributed by atoms with Gasteiger partial charge in [-0.05, 0) is 52.0 Å². The van der Waals surface area contributed by atoms with E-state index in [-0.39, 0.29) is 0 Å². The van der Waals surface area contributed by atoms with Crippen LogP contribution in [0.3, 0.4) is 0 Å². The summed E-state index contributed by atoms with van der Waals surface area (Å²) in [4.78, 5) is 4.54. The van der Waals surface area contributed by atoms with E-state index in [9.17, 15) is 0 Å². The van der Waals surface area contributed by atoms with Crippen LogP contribution in [0.4, 0.5) is 0 Å². The molecule has 1 N–H and O–H groups in total. The Bertz CT molecular complexity index is 236. The highest BCUT2D eigenvalue weighted by atomic mass is 32.1. The van der Waals surface area contributed by atoms with Crippen molar-refractivity contribution in [3.8, 4) is 0 Å². The Morgan fingerprint density at radius 1 is 1.31 bits per heavy atom. The molecule has 0 aromatic carbocycles. The highest BCUT2D eigenvalue weighted by molar-refractivity contribution is 7.80. The van der Waals surface area contributed by atoms with Crippen molar-refractivity contribution in [2.24, 2.45) is 0 Å². The molecule has 94 valence electrons. The third kappa shape index (κ3) is 3.08. The smallest absolute Gasteiger partial charge is 0.168 e. The van der Waals surface area contributed by atoms with Crippen LogP contribution in [0, 0.1) is 0 Å². The van der Waals surface area contributed by atoms with Crippen LogP contribution in [0.2, 0.25) is 0 Å². The lowest BCUT2D eigenvalue weighted by Crippen LogP contribution is -2.58. The van der Waals surface area contributed by atoms with Crippen molar-refractivity contribution in [3.63, 3.8) is 0 Å². The third-order valence-electron chi connectivity index (χ3n) is 3.64. The fourth-order valence-corrected chi connectivity index (χ4v) is 2.38. The molecule has 1 aliphatic carbocycles. The van der Waals surface area contributed by atoms with Crippen molar-refractivity contribution in [1.29, 1.82) is 0 Å². The van der Waals surface area contributed by atoms with Gasteiger partial charge in [-0.15, -0.1) is 0 Å². The van der Waals surface area contributed by atoms with E-state index in [1.54, 1.807) is 0 Å². The minimum atomic E-state index is 0.354. The average Bonchev–Trinajstić information content (AvgIpc) is 2.18. The lowest BCUT2D eigenvalue weighted by molar-refractivity contribution is 0.0429. The van der Waals surface area contributed by atoms with Gasteiger partial charge in [-0.25, -0.2) is 0 Å². The van der Waals surface area contributed by atoms with Crippen LogP contribution in [0.5, 0.6) is 0 Å². The number of nitrogens with zero attached hydrogens (tertiary/aromatic N) is 2. The first-order chi connectivity index (χ1) is 7.52. The molecule has 0 amide bonds. The van der Waals surface area contributed by atoms with Crippen LogP contribution >= 0.6 is 12.2 Å². The summed E-state index contributed by atoms with van der Waals surface area (Å²) in [6.07, 6.45) is 5.05. The largest absolute Gasteiger partial charge is 0.363 e. The van der Waals surface area contributed by atoms with Crippen LogP contribution in [-0.4, -0.2) is 54.7 Å². The lowest BCUT2D eigenvalue weighted by Gasteiger charge is -2.49. The Hall–Kier alpha value is -0.350. The second-order valence-corrected chi connectivity index (χ2v) is 5.45. The Balaban J connectivity index is 2.43. The molecule has 0 aromatic rings. The predicted molar refractivity (Wildman–Crippen MR) is 73.8 cm³/mol. The number of thiocarbonyl (C=S) groups is 1. The molecule has 0 aliphatic heterocycles. The van der Waals surface area contributed by atoms with Crippen molar-refractivity contribution in [2.75, 3.05) is 34.2 Å². The Labute approximate surface area is 105 Å². The normalized spacial score (nSPS) is 18.1. The second kappa shape index (κ2) is 5.82. The van der Waals surface area contributed by atoms with Crippen LogP contribution in [0.25, 0.3) is 0 Å². The van der Waals surface area contributed by atoms with Gasteiger partial charge < -0.3 is 15.1 Å². The first-order valence-corrected chi connectivity index (χ1v) is 6.59. The van der Waals surface area contributed by atoms with E-state index in [0.29, 0.717) is 5.54 Å². The van der Waals surface area contributed by atoms with E-state index in [0.717, 1.165) is 24.6 Å². The van der Waals surface area contributed by atoms with Crippen LogP contribution < -0.4 is 5.32 Å². The quantitative estimate of drug-likeness (QED) is 0.740. The Morgan fingerprint density at radius 2 is 1.94 bits per heavy atom. The van der Waals surface area contributed by atoms with Gasteiger partial charge in [-0.1, -0.05) is 6.92 Å². The molecule has 0 saturated heterocycles. The van der Waals surface area contributed by atoms with Gasteiger partial charge in [0.2, 0.25) is 0 Å². The fraction of sp³-hybridized carbons (Fsp3) is 0.917. The number of nitrogens with one attached hydrogen (secondary N) is 1. The molecular weight excluding hydrogens is 218 g/mol. The van der Waals surface area contributed by atoms with E-state index in [2.05, 4.69) is 43.2 Å². The molecule has 3 nitrogen and oxygen atoms in total. The molecule has 0 radical (unpaired) electrons. The molecule has 1 aliphatic rings. The minimum Gasteiger partial charge on any atom is -0.363 e. The van der Waals surface area contributed by atoms with E-state index >= 15 is 0 Å². The summed E-state index contributed by atoms with van der Waals surface area (Å²) in [6, 6.07) is 0. The first-order valence-electron chi connectivity index (χ1n) is 6.18. The SMILES string of the molecule is CCCNC(=S)N(C)CC1(N(C)C)CCC1. The van der Waals surface area contributed by atoms with Gasteiger partial charge in [0.05, 0.1) is 0 Å². The minimum absolute atomic E-state index is 0.354. The molecule has 0 unspecified atom stereocenters. The molecule has 0 bridgehead atoms. The van der Waals surface area contributed by atoms with E-state index in [4.69, 9.17) is 12.2 Å². The molecule has 0 atom stereocenters. The van der Waals surface area contributed by atoms with Gasteiger partial charge in [0.1, 0.15) is 0 Å². The van der Waals surface area contributed by atoms with Crippen LogP contribution in [0.15, 0.2) is 0 Å². The summed E-state index contributed by atoms with van der Waals surface area (Å²) >= 11 is 5.37. The van der Waals surface area contributed by atoms with Gasteiger partial charge >= 0.3 is 0 Å². The van der Waals surface area contributed by atoms with Gasteiger partial charge in [-0.3, -0.25) is 0 Å². The maximum Gasteiger partial charge on any atom is 0.168 e. The van der Waals surface area contributed by atoms with E-state index in [1.165, 1.54) is 19.3 Å². The summed E-state index contributed by atoms with van der Waals surface area (Å²) < 4.78 is 0. The van der Waals surface area contributed by atoms with Gasteiger partial charge in [0.15, 0.2) is 5.11 Å².